The van der Waals surface area contributed by atoms with Crippen LogP contribution in [0.15, 0.2) is 17.6 Å². The predicted octanol–water partition coefficient (Wildman–Crippen LogP) is 3.15. The van der Waals surface area contributed by atoms with Gasteiger partial charge in [0, 0.05) is 10.6 Å². The van der Waals surface area contributed by atoms with Gasteiger partial charge in [0.15, 0.2) is 5.78 Å². The summed E-state index contributed by atoms with van der Waals surface area (Å²) >= 11 is 7.30. The summed E-state index contributed by atoms with van der Waals surface area (Å²) in [5.41, 5.74) is 3.17. The number of halogens is 1. The molecule has 0 atom stereocenters. The first kappa shape index (κ1) is 8.66. The molecule has 1 aromatic carbocycles. The molecule has 0 aliphatic heterocycles. The number of rotatable bonds is 1. The van der Waals surface area contributed by atoms with Crippen LogP contribution in [0.1, 0.15) is 17.3 Å². The van der Waals surface area contributed by atoms with Gasteiger partial charge in [-0.1, -0.05) is 11.6 Å². The maximum atomic E-state index is 11.2. The Bertz CT molecular complexity index is 477. The molecule has 0 N–H and O–H groups in total. The number of carbonyl (C=O) groups excluding carboxylic acids is 1. The Hall–Kier alpha value is -0.930. The maximum absolute atomic E-state index is 11.2. The normalized spacial score (nSPS) is 10.6. The van der Waals surface area contributed by atoms with Crippen molar-refractivity contribution in [1.82, 2.24) is 4.98 Å². The molecule has 0 saturated carbocycles. The second kappa shape index (κ2) is 3.09. The second-order valence-corrected chi connectivity index (χ2v) is 4.00. The van der Waals surface area contributed by atoms with Crippen molar-refractivity contribution in [3.63, 3.8) is 0 Å². The Labute approximate surface area is 84.2 Å². The van der Waals surface area contributed by atoms with Gasteiger partial charge < -0.3 is 0 Å². The number of fused-ring (bicyclic) bond motifs is 1. The van der Waals surface area contributed by atoms with E-state index >= 15 is 0 Å². The van der Waals surface area contributed by atoms with Crippen molar-refractivity contribution in [2.24, 2.45) is 0 Å². The van der Waals surface area contributed by atoms with Gasteiger partial charge in [-0.3, -0.25) is 4.79 Å². The van der Waals surface area contributed by atoms with E-state index in [4.69, 9.17) is 11.6 Å². The molecule has 0 spiro atoms. The van der Waals surface area contributed by atoms with Crippen LogP contribution in [0, 0.1) is 0 Å². The summed E-state index contributed by atoms with van der Waals surface area (Å²) in [5.74, 6) is 0.0248. The van der Waals surface area contributed by atoms with Crippen LogP contribution in [-0.4, -0.2) is 10.8 Å². The Kier molecular flexibility index (Phi) is 2.06. The van der Waals surface area contributed by atoms with E-state index in [-0.39, 0.29) is 5.78 Å². The van der Waals surface area contributed by atoms with Crippen LogP contribution in [-0.2, 0) is 0 Å². The minimum Gasteiger partial charge on any atom is -0.294 e. The molecule has 0 unspecified atom stereocenters. The van der Waals surface area contributed by atoms with Crippen LogP contribution in [0.5, 0.6) is 0 Å². The van der Waals surface area contributed by atoms with Gasteiger partial charge in [-0.05, 0) is 19.1 Å². The zero-order valence-electron chi connectivity index (χ0n) is 6.87. The van der Waals surface area contributed by atoms with Crippen molar-refractivity contribution in [3.05, 3.63) is 28.2 Å². The lowest BCUT2D eigenvalue weighted by Gasteiger charge is -1.97. The van der Waals surface area contributed by atoms with E-state index in [0.29, 0.717) is 10.6 Å². The minimum atomic E-state index is 0.0248. The molecule has 66 valence electrons. The molecule has 0 aliphatic rings. The Morgan fingerprint density at radius 2 is 2.31 bits per heavy atom. The monoisotopic (exact) mass is 211 g/mol. The maximum Gasteiger partial charge on any atom is 0.161 e. The zero-order valence-corrected chi connectivity index (χ0v) is 8.45. The van der Waals surface area contributed by atoms with Crippen LogP contribution >= 0.6 is 22.9 Å². The molecule has 0 bridgehead atoms. The van der Waals surface area contributed by atoms with Gasteiger partial charge in [0.2, 0.25) is 0 Å². The molecular weight excluding hydrogens is 206 g/mol. The van der Waals surface area contributed by atoms with Gasteiger partial charge in [-0.15, -0.1) is 11.3 Å². The molecular formula is C9H6ClNOS. The molecule has 4 heteroatoms. The standard InChI is InChI=1S/C9H6ClNOS/c1-5(12)7-2-6(10)3-8-9(7)13-4-11-8/h2-4H,1H3. The smallest absolute Gasteiger partial charge is 0.161 e. The van der Waals surface area contributed by atoms with Crippen molar-refractivity contribution in [2.75, 3.05) is 0 Å². The van der Waals surface area contributed by atoms with Gasteiger partial charge in [-0.25, -0.2) is 4.98 Å². The van der Waals surface area contributed by atoms with Crippen molar-refractivity contribution in [3.8, 4) is 0 Å². The predicted molar refractivity (Wildman–Crippen MR) is 54.6 cm³/mol. The number of thiazole rings is 1. The van der Waals surface area contributed by atoms with E-state index in [2.05, 4.69) is 4.98 Å². The number of benzene rings is 1. The number of ketones is 1. The van der Waals surface area contributed by atoms with Gasteiger partial charge in [0.25, 0.3) is 0 Å². The highest BCUT2D eigenvalue weighted by atomic mass is 35.5. The lowest BCUT2D eigenvalue weighted by atomic mass is 10.1. The van der Waals surface area contributed by atoms with Crippen LogP contribution in [0.2, 0.25) is 5.02 Å². The van der Waals surface area contributed by atoms with E-state index in [0.717, 1.165) is 10.2 Å². The third-order valence-corrected chi connectivity index (χ3v) is 2.87. The quantitative estimate of drug-likeness (QED) is 0.679. The molecule has 0 fully saturated rings. The SMILES string of the molecule is CC(=O)c1cc(Cl)cc2ncsc12. The first-order valence-corrected chi connectivity index (χ1v) is 4.98. The van der Waals surface area contributed by atoms with Crippen molar-refractivity contribution in [1.29, 1.82) is 0 Å². The van der Waals surface area contributed by atoms with Gasteiger partial charge in [-0.2, -0.15) is 0 Å². The summed E-state index contributed by atoms with van der Waals surface area (Å²) in [6, 6.07) is 3.45. The van der Waals surface area contributed by atoms with Gasteiger partial charge >= 0.3 is 0 Å². The topological polar surface area (TPSA) is 30.0 Å². The zero-order chi connectivity index (χ0) is 9.42. The first-order valence-electron chi connectivity index (χ1n) is 3.72. The molecule has 2 aromatic rings. The van der Waals surface area contributed by atoms with E-state index in [1.54, 1.807) is 17.6 Å². The van der Waals surface area contributed by atoms with Gasteiger partial charge in [0.05, 0.1) is 15.7 Å². The van der Waals surface area contributed by atoms with Crippen molar-refractivity contribution in [2.45, 2.75) is 6.92 Å². The first-order chi connectivity index (χ1) is 6.18. The number of hydrogen-bond acceptors (Lipinski definition) is 3. The summed E-state index contributed by atoms with van der Waals surface area (Å²) in [4.78, 5) is 15.3. The molecule has 0 saturated heterocycles. The number of hydrogen-bond donors (Lipinski definition) is 0. The van der Waals surface area contributed by atoms with Crippen LogP contribution in [0.4, 0.5) is 0 Å². The van der Waals surface area contributed by atoms with Crippen LogP contribution in [0.25, 0.3) is 10.2 Å². The van der Waals surface area contributed by atoms with E-state index in [9.17, 15) is 4.79 Å². The number of carbonyl (C=O) groups is 1. The average Bonchev–Trinajstić information content (AvgIpc) is 2.49. The molecule has 0 amide bonds. The largest absolute Gasteiger partial charge is 0.294 e. The number of nitrogens with zero attached hydrogens (tertiary/aromatic N) is 1. The molecule has 13 heavy (non-hydrogen) atoms. The highest BCUT2D eigenvalue weighted by Crippen LogP contribution is 2.26. The summed E-state index contributed by atoms with van der Waals surface area (Å²) in [6.07, 6.45) is 0. The van der Waals surface area contributed by atoms with E-state index < -0.39 is 0 Å². The Morgan fingerprint density at radius 3 is 3.00 bits per heavy atom. The number of aromatic nitrogens is 1. The molecule has 0 aliphatic carbocycles. The molecule has 2 rings (SSSR count). The molecule has 0 radical (unpaired) electrons. The fraction of sp³-hybridized carbons (Fsp3) is 0.111. The van der Waals surface area contributed by atoms with Crippen molar-refractivity contribution >= 4 is 38.9 Å². The van der Waals surface area contributed by atoms with Crippen LogP contribution in [0.3, 0.4) is 0 Å². The highest BCUT2D eigenvalue weighted by Gasteiger charge is 2.08. The third-order valence-electron chi connectivity index (χ3n) is 1.78. The lowest BCUT2D eigenvalue weighted by molar-refractivity contribution is 0.101. The fourth-order valence-electron chi connectivity index (χ4n) is 1.20. The van der Waals surface area contributed by atoms with E-state index in [1.807, 2.05) is 0 Å². The van der Waals surface area contributed by atoms with E-state index in [1.165, 1.54) is 18.3 Å². The summed E-state index contributed by atoms with van der Waals surface area (Å²) in [6.45, 7) is 1.53. The molecule has 2 nitrogen and oxygen atoms in total. The van der Waals surface area contributed by atoms with Crippen molar-refractivity contribution < 1.29 is 4.79 Å². The Balaban J connectivity index is 2.84. The highest BCUT2D eigenvalue weighted by molar-refractivity contribution is 7.17. The summed E-state index contributed by atoms with van der Waals surface area (Å²) in [5, 5.41) is 0.559. The lowest BCUT2D eigenvalue weighted by Crippen LogP contribution is -1.91. The Morgan fingerprint density at radius 1 is 1.54 bits per heavy atom. The molecule has 1 aromatic heterocycles. The average molecular weight is 212 g/mol. The minimum absolute atomic E-state index is 0.0248. The molecule has 1 heterocycles. The van der Waals surface area contributed by atoms with Gasteiger partial charge in [0.1, 0.15) is 0 Å². The number of Topliss-reactive ketones (excluding diaryl/α,β-unsaturated/α-hetero) is 1. The summed E-state index contributed by atoms with van der Waals surface area (Å²) in [7, 11) is 0. The third kappa shape index (κ3) is 1.45. The summed E-state index contributed by atoms with van der Waals surface area (Å²) < 4.78 is 0.914. The second-order valence-electron chi connectivity index (χ2n) is 2.71. The van der Waals surface area contributed by atoms with Crippen LogP contribution < -0.4 is 0 Å². The fourth-order valence-corrected chi connectivity index (χ4v) is 2.24.